The van der Waals surface area contributed by atoms with Gasteiger partial charge >= 0.3 is 0 Å². The molecule has 2 aliphatic rings. The summed E-state index contributed by atoms with van der Waals surface area (Å²) in [5.74, 6) is 1.74. The molecule has 1 saturated carbocycles. The van der Waals surface area contributed by atoms with E-state index in [1.165, 1.54) is 31.2 Å². The van der Waals surface area contributed by atoms with E-state index in [2.05, 4.69) is 36.1 Å². The number of hydrogen-bond donors (Lipinski definition) is 0. The third-order valence-corrected chi connectivity index (χ3v) is 4.49. The largest absolute Gasteiger partial charge is 0.342 e. The van der Waals surface area contributed by atoms with E-state index in [1.54, 1.807) is 0 Å². The molecule has 2 heteroatoms. The van der Waals surface area contributed by atoms with Crippen LogP contribution in [0, 0.1) is 11.8 Å². The molecule has 1 heterocycles. The first-order valence-corrected chi connectivity index (χ1v) is 7.59. The summed E-state index contributed by atoms with van der Waals surface area (Å²) in [5.41, 5.74) is 1.22. The summed E-state index contributed by atoms with van der Waals surface area (Å²) in [5, 5.41) is 0. The topological polar surface area (TPSA) is 20.3 Å². The number of rotatable bonds is 3. The maximum atomic E-state index is 12.9. The average Bonchev–Trinajstić information content (AvgIpc) is 3.25. The smallest absolute Gasteiger partial charge is 0.230 e. The highest BCUT2D eigenvalue weighted by atomic mass is 16.2. The van der Waals surface area contributed by atoms with Crippen LogP contribution in [0.25, 0.3) is 0 Å². The van der Waals surface area contributed by atoms with Crippen molar-refractivity contribution in [3.8, 4) is 0 Å². The lowest BCUT2D eigenvalue weighted by Gasteiger charge is -2.34. The number of hydrogen-bond acceptors (Lipinski definition) is 1. The number of piperidine rings is 1. The Hall–Kier alpha value is -1.31. The molecule has 2 nitrogen and oxygen atoms in total. The zero-order valence-corrected chi connectivity index (χ0v) is 11.7. The predicted octanol–water partition coefficient (Wildman–Crippen LogP) is 3.44. The molecule has 1 aliphatic heterocycles. The van der Waals surface area contributed by atoms with Gasteiger partial charge in [-0.25, -0.2) is 0 Å². The van der Waals surface area contributed by atoms with Crippen LogP contribution in [-0.2, 0) is 4.79 Å². The van der Waals surface area contributed by atoms with Crippen molar-refractivity contribution in [2.45, 2.75) is 38.5 Å². The molecule has 102 valence electrons. The quantitative estimate of drug-likeness (QED) is 0.812. The Balaban J connectivity index is 1.78. The monoisotopic (exact) mass is 257 g/mol. The number of amides is 1. The van der Waals surface area contributed by atoms with E-state index in [9.17, 15) is 4.79 Å². The summed E-state index contributed by atoms with van der Waals surface area (Å²) in [4.78, 5) is 15.0. The molecule has 1 aromatic carbocycles. The zero-order chi connectivity index (χ0) is 13.2. The van der Waals surface area contributed by atoms with Crippen molar-refractivity contribution >= 4 is 5.91 Å². The summed E-state index contributed by atoms with van der Waals surface area (Å²) in [7, 11) is 0. The van der Waals surface area contributed by atoms with Crippen LogP contribution in [0.4, 0.5) is 0 Å². The maximum absolute atomic E-state index is 12.9. The Kier molecular flexibility index (Phi) is 3.58. The van der Waals surface area contributed by atoms with Gasteiger partial charge in [0, 0.05) is 13.1 Å². The lowest BCUT2D eigenvalue weighted by Crippen LogP contribution is -2.42. The van der Waals surface area contributed by atoms with Crippen molar-refractivity contribution in [2.75, 3.05) is 13.1 Å². The van der Waals surface area contributed by atoms with Crippen LogP contribution in [0.15, 0.2) is 30.3 Å². The number of carbonyl (C=O) groups is 1. The van der Waals surface area contributed by atoms with Gasteiger partial charge < -0.3 is 4.90 Å². The maximum Gasteiger partial charge on any atom is 0.230 e. The first-order chi connectivity index (χ1) is 9.25. The summed E-state index contributed by atoms with van der Waals surface area (Å²) in [6, 6.07) is 10.4. The van der Waals surface area contributed by atoms with Gasteiger partial charge in [-0.15, -0.1) is 0 Å². The fourth-order valence-electron chi connectivity index (χ4n) is 3.29. The van der Waals surface area contributed by atoms with Crippen LogP contribution in [0.2, 0.25) is 0 Å². The average molecular weight is 257 g/mol. The molecule has 1 saturated heterocycles. The first-order valence-electron chi connectivity index (χ1n) is 7.59. The second-order valence-electron chi connectivity index (χ2n) is 6.26. The minimum atomic E-state index is 0.117. The second kappa shape index (κ2) is 5.36. The van der Waals surface area contributed by atoms with E-state index < -0.39 is 0 Å². The highest BCUT2D eigenvalue weighted by Gasteiger charge is 2.39. The highest BCUT2D eigenvalue weighted by molar-refractivity contribution is 5.84. The molecule has 2 unspecified atom stereocenters. The Morgan fingerprint density at radius 2 is 1.95 bits per heavy atom. The Labute approximate surface area is 115 Å². The van der Waals surface area contributed by atoms with E-state index in [4.69, 9.17) is 0 Å². The normalized spacial score (nSPS) is 25.1. The molecular weight excluding hydrogens is 234 g/mol. The van der Waals surface area contributed by atoms with Gasteiger partial charge in [-0.1, -0.05) is 37.3 Å². The molecule has 0 aromatic heterocycles. The van der Waals surface area contributed by atoms with E-state index in [1.807, 2.05) is 6.07 Å². The SMILES string of the molecule is CC1CCCN(C(=O)C(c2ccccc2)C2CC2)C1. The molecule has 1 aliphatic carbocycles. The highest BCUT2D eigenvalue weighted by Crippen LogP contribution is 2.43. The molecule has 1 aromatic rings. The minimum Gasteiger partial charge on any atom is -0.342 e. The van der Waals surface area contributed by atoms with Gasteiger partial charge in [0.1, 0.15) is 0 Å². The fraction of sp³-hybridized carbons (Fsp3) is 0.588. The van der Waals surface area contributed by atoms with Crippen molar-refractivity contribution in [1.82, 2.24) is 4.90 Å². The lowest BCUT2D eigenvalue weighted by atomic mass is 9.91. The van der Waals surface area contributed by atoms with Crippen molar-refractivity contribution in [3.63, 3.8) is 0 Å². The molecular formula is C17H23NO. The zero-order valence-electron chi connectivity index (χ0n) is 11.7. The molecule has 0 N–H and O–H groups in total. The van der Waals surface area contributed by atoms with Gasteiger partial charge in [0.2, 0.25) is 5.91 Å². The van der Waals surface area contributed by atoms with Crippen LogP contribution >= 0.6 is 0 Å². The van der Waals surface area contributed by atoms with Gasteiger partial charge in [0.15, 0.2) is 0 Å². The fourth-order valence-corrected chi connectivity index (χ4v) is 3.29. The van der Waals surface area contributed by atoms with Gasteiger partial charge in [0.25, 0.3) is 0 Å². The molecule has 3 rings (SSSR count). The minimum absolute atomic E-state index is 0.117. The van der Waals surface area contributed by atoms with Gasteiger partial charge in [-0.3, -0.25) is 4.79 Å². The van der Waals surface area contributed by atoms with Gasteiger partial charge in [-0.05, 0) is 43.1 Å². The predicted molar refractivity (Wildman–Crippen MR) is 76.9 cm³/mol. The van der Waals surface area contributed by atoms with E-state index in [-0.39, 0.29) is 5.92 Å². The molecule has 0 radical (unpaired) electrons. The number of carbonyl (C=O) groups excluding carboxylic acids is 1. The first kappa shape index (κ1) is 12.7. The van der Waals surface area contributed by atoms with Crippen molar-refractivity contribution < 1.29 is 4.79 Å². The van der Waals surface area contributed by atoms with Crippen LogP contribution < -0.4 is 0 Å². The van der Waals surface area contributed by atoms with Crippen LogP contribution in [0.5, 0.6) is 0 Å². The Morgan fingerprint density at radius 1 is 1.21 bits per heavy atom. The van der Waals surface area contributed by atoms with Crippen LogP contribution in [-0.4, -0.2) is 23.9 Å². The molecule has 19 heavy (non-hydrogen) atoms. The van der Waals surface area contributed by atoms with E-state index in [0.717, 1.165) is 13.1 Å². The molecule has 0 bridgehead atoms. The number of benzene rings is 1. The van der Waals surface area contributed by atoms with Crippen molar-refractivity contribution in [1.29, 1.82) is 0 Å². The lowest BCUT2D eigenvalue weighted by molar-refractivity contribution is -0.135. The molecule has 2 atom stereocenters. The Morgan fingerprint density at radius 3 is 2.58 bits per heavy atom. The van der Waals surface area contributed by atoms with Gasteiger partial charge in [-0.2, -0.15) is 0 Å². The van der Waals surface area contributed by atoms with Crippen molar-refractivity contribution in [2.24, 2.45) is 11.8 Å². The van der Waals surface area contributed by atoms with Crippen LogP contribution in [0.3, 0.4) is 0 Å². The molecule has 0 spiro atoms. The second-order valence-corrected chi connectivity index (χ2v) is 6.26. The van der Waals surface area contributed by atoms with Gasteiger partial charge in [0.05, 0.1) is 5.92 Å². The molecule has 2 fully saturated rings. The Bertz CT molecular complexity index is 438. The van der Waals surface area contributed by atoms with E-state index in [0.29, 0.717) is 17.7 Å². The summed E-state index contributed by atoms with van der Waals surface area (Å²) in [6.45, 7) is 4.17. The third kappa shape index (κ3) is 2.83. The van der Waals surface area contributed by atoms with Crippen molar-refractivity contribution in [3.05, 3.63) is 35.9 Å². The standard InChI is InChI=1S/C17H23NO/c1-13-6-5-11-18(12-13)17(19)16(15-9-10-15)14-7-3-2-4-8-14/h2-4,7-8,13,15-16H,5-6,9-12H2,1H3. The summed E-state index contributed by atoms with van der Waals surface area (Å²) < 4.78 is 0. The summed E-state index contributed by atoms with van der Waals surface area (Å²) in [6.07, 6.45) is 4.87. The number of likely N-dealkylation sites (tertiary alicyclic amines) is 1. The molecule has 1 amide bonds. The third-order valence-electron chi connectivity index (χ3n) is 4.49. The van der Waals surface area contributed by atoms with E-state index >= 15 is 0 Å². The number of nitrogens with zero attached hydrogens (tertiary/aromatic N) is 1. The van der Waals surface area contributed by atoms with Crippen LogP contribution in [0.1, 0.15) is 44.1 Å². The summed E-state index contributed by atoms with van der Waals surface area (Å²) >= 11 is 0.